The van der Waals surface area contributed by atoms with Gasteiger partial charge in [-0.2, -0.15) is 10.2 Å². The standard InChI is InChI=1S/C19H21N5O/c1-15(25)19(23-22-17-12-8-5-9-13-17)18(24(2)3)14-20-21-16-10-6-4-7-11-16/h4-14,21H,1-3H3/b19-18+,20-14+,23-22?. The van der Waals surface area contributed by atoms with Gasteiger partial charge in [0.1, 0.15) is 0 Å². The van der Waals surface area contributed by atoms with Crippen LogP contribution in [0.5, 0.6) is 0 Å². The number of para-hydroxylation sites is 1. The maximum absolute atomic E-state index is 12.0. The lowest BCUT2D eigenvalue weighted by atomic mass is 10.2. The Kier molecular flexibility index (Phi) is 6.59. The molecule has 128 valence electrons. The zero-order valence-corrected chi connectivity index (χ0v) is 14.5. The number of nitrogens with one attached hydrogen (secondary N) is 1. The fourth-order valence-corrected chi connectivity index (χ4v) is 1.97. The van der Waals surface area contributed by atoms with E-state index in [4.69, 9.17) is 0 Å². The SMILES string of the molecule is CC(=O)/C(N=Nc1ccccc1)=C(/C=N/Nc1ccccc1)N(C)C. The second-order valence-corrected chi connectivity index (χ2v) is 5.46. The number of allylic oxidation sites excluding steroid dienone is 2. The van der Waals surface area contributed by atoms with Gasteiger partial charge in [-0.25, -0.2) is 0 Å². The summed E-state index contributed by atoms with van der Waals surface area (Å²) in [6, 6.07) is 18.8. The molecule has 6 nitrogen and oxygen atoms in total. The summed E-state index contributed by atoms with van der Waals surface area (Å²) < 4.78 is 0. The molecule has 0 radical (unpaired) electrons. The van der Waals surface area contributed by atoms with Gasteiger partial charge in [-0.1, -0.05) is 36.4 Å². The Morgan fingerprint density at radius 2 is 1.60 bits per heavy atom. The molecular formula is C19H21N5O. The van der Waals surface area contributed by atoms with Gasteiger partial charge in [0.15, 0.2) is 11.5 Å². The van der Waals surface area contributed by atoms with Crippen molar-refractivity contribution in [3.05, 3.63) is 72.1 Å². The molecule has 0 spiro atoms. The van der Waals surface area contributed by atoms with E-state index in [1.165, 1.54) is 6.92 Å². The average Bonchev–Trinajstić information content (AvgIpc) is 2.61. The van der Waals surface area contributed by atoms with Crippen LogP contribution in [-0.2, 0) is 4.79 Å². The number of nitrogens with zero attached hydrogens (tertiary/aromatic N) is 4. The number of anilines is 1. The van der Waals surface area contributed by atoms with Gasteiger partial charge in [-0.05, 0) is 24.3 Å². The minimum atomic E-state index is -0.186. The normalized spacial score (nSPS) is 12.3. The van der Waals surface area contributed by atoms with Crippen LogP contribution in [0, 0.1) is 0 Å². The van der Waals surface area contributed by atoms with Crippen LogP contribution in [0.1, 0.15) is 6.92 Å². The Morgan fingerprint density at radius 1 is 1.00 bits per heavy atom. The lowest BCUT2D eigenvalue weighted by Gasteiger charge is -2.14. The van der Waals surface area contributed by atoms with Gasteiger partial charge >= 0.3 is 0 Å². The molecule has 0 heterocycles. The number of carbonyl (C=O) groups excluding carboxylic acids is 1. The van der Waals surface area contributed by atoms with Crippen LogP contribution < -0.4 is 5.43 Å². The molecule has 0 bridgehead atoms. The van der Waals surface area contributed by atoms with E-state index in [1.807, 2.05) is 74.8 Å². The first-order valence-corrected chi connectivity index (χ1v) is 7.81. The molecule has 2 aromatic rings. The van der Waals surface area contributed by atoms with Gasteiger partial charge in [0.05, 0.1) is 23.3 Å². The third kappa shape index (κ3) is 5.69. The second-order valence-electron chi connectivity index (χ2n) is 5.46. The molecule has 0 saturated heterocycles. The van der Waals surface area contributed by atoms with Crippen molar-refractivity contribution in [2.24, 2.45) is 15.3 Å². The summed E-state index contributed by atoms with van der Waals surface area (Å²) in [4.78, 5) is 13.8. The largest absolute Gasteiger partial charge is 0.374 e. The molecule has 0 atom stereocenters. The lowest BCUT2D eigenvalue weighted by molar-refractivity contribution is -0.113. The fourth-order valence-electron chi connectivity index (χ4n) is 1.97. The maximum atomic E-state index is 12.0. The first-order valence-electron chi connectivity index (χ1n) is 7.81. The first kappa shape index (κ1) is 18.1. The molecule has 0 fully saturated rings. The molecule has 0 unspecified atom stereocenters. The number of hydrogen-bond acceptors (Lipinski definition) is 6. The van der Waals surface area contributed by atoms with Crippen molar-refractivity contribution in [2.75, 3.05) is 19.5 Å². The zero-order chi connectivity index (χ0) is 18.1. The lowest BCUT2D eigenvalue weighted by Crippen LogP contribution is -2.17. The number of azo groups is 1. The van der Waals surface area contributed by atoms with Crippen LogP contribution in [-0.4, -0.2) is 31.0 Å². The minimum Gasteiger partial charge on any atom is -0.374 e. The molecule has 25 heavy (non-hydrogen) atoms. The Morgan fingerprint density at radius 3 is 2.16 bits per heavy atom. The summed E-state index contributed by atoms with van der Waals surface area (Å²) in [7, 11) is 3.65. The van der Waals surface area contributed by atoms with Crippen molar-refractivity contribution in [1.29, 1.82) is 0 Å². The highest BCUT2D eigenvalue weighted by Gasteiger charge is 2.12. The molecule has 0 saturated carbocycles. The number of rotatable bonds is 7. The van der Waals surface area contributed by atoms with Crippen LogP contribution in [0.4, 0.5) is 11.4 Å². The van der Waals surface area contributed by atoms with Gasteiger partial charge in [-0.3, -0.25) is 10.2 Å². The predicted molar refractivity (Wildman–Crippen MR) is 101 cm³/mol. The van der Waals surface area contributed by atoms with E-state index in [0.717, 1.165) is 5.69 Å². The Balaban J connectivity index is 2.27. The van der Waals surface area contributed by atoms with Crippen LogP contribution in [0.25, 0.3) is 0 Å². The molecule has 0 amide bonds. The molecule has 6 heteroatoms. The van der Waals surface area contributed by atoms with E-state index in [0.29, 0.717) is 11.4 Å². The van der Waals surface area contributed by atoms with Crippen molar-refractivity contribution in [3.63, 3.8) is 0 Å². The maximum Gasteiger partial charge on any atom is 0.182 e. The van der Waals surface area contributed by atoms with Crippen LogP contribution in [0.2, 0.25) is 0 Å². The van der Waals surface area contributed by atoms with E-state index < -0.39 is 0 Å². The Bertz CT molecular complexity index is 780. The Hall–Kier alpha value is -3.28. The molecule has 1 N–H and O–H groups in total. The zero-order valence-electron chi connectivity index (χ0n) is 14.5. The van der Waals surface area contributed by atoms with Gasteiger partial charge < -0.3 is 4.90 Å². The third-order valence-electron chi connectivity index (χ3n) is 3.23. The second kappa shape index (κ2) is 9.12. The predicted octanol–water partition coefficient (Wildman–Crippen LogP) is 4.23. The Labute approximate surface area is 147 Å². The van der Waals surface area contributed by atoms with Gasteiger partial charge in [0.2, 0.25) is 0 Å². The van der Waals surface area contributed by atoms with Crippen molar-refractivity contribution in [3.8, 4) is 0 Å². The van der Waals surface area contributed by atoms with E-state index in [9.17, 15) is 4.79 Å². The molecule has 0 aromatic heterocycles. The van der Waals surface area contributed by atoms with Crippen molar-refractivity contribution in [1.82, 2.24) is 4.90 Å². The summed E-state index contributed by atoms with van der Waals surface area (Å²) in [5.41, 5.74) is 5.26. The van der Waals surface area contributed by atoms with Crippen molar-refractivity contribution < 1.29 is 4.79 Å². The van der Waals surface area contributed by atoms with Crippen LogP contribution in [0.3, 0.4) is 0 Å². The van der Waals surface area contributed by atoms with Gasteiger partial charge in [0, 0.05) is 21.0 Å². The monoisotopic (exact) mass is 335 g/mol. The third-order valence-corrected chi connectivity index (χ3v) is 3.23. The molecule has 0 aliphatic carbocycles. The molecular weight excluding hydrogens is 314 g/mol. The quantitative estimate of drug-likeness (QED) is 0.356. The highest BCUT2D eigenvalue weighted by atomic mass is 16.1. The van der Waals surface area contributed by atoms with E-state index >= 15 is 0 Å². The number of carbonyl (C=O) groups is 1. The highest BCUT2D eigenvalue weighted by molar-refractivity contribution is 5.99. The van der Waals surface area contributed by atoms with Gasteiger partial charge in [0.25, 0.3) is 0 Å². The molecule has 0 aliphatic rings. The fraction of sp³-hybridized carbons (Fsp3) is 0.158. The van der Waals surface area contributed by atoms with Crippen molar-refractivity contribution >= 4 is 23.4 Å². The van der Waals surface area contributed by atoms with Crippen LogP contribution in [0.15, 0.2) is 87.4 Å². The summed E-state index contributed by atoms with van der Waals surface area (Å²) >= 11 is 0. The number of hydrazone groups is 1. The number of benzene rings is 2. The first-order chi connectivity index (χ1) is 12.1. The topological polar surface area (TPSA) is 69.4 Å². The van der Waals surface area contributed by atoms with E-state index in [-0.39, 0.29) is 11.5 Å². The summed E-state index contributed by atoms with van der Waals surface area (Å²) in [5, 5.41) is 12.5. The van der Waals surface area contributed by atoms with Crippen LogP contribution >= 0.6 is 0 Å². The molecule has 0 aliphatic heterocycles. The highest BCUT2D eigenvalue weighted by Crippen LogP contribution is 2.16. The summed E-state index contributed by atoms with van der Waals surface area (Å²) in [6.07, 6.45) is 1.56. The number of hydrogen-bond donors (Lipinski definition) is 1. The summed E-state index contributed by atoms with van der Waals surface area (Å²) in [5.74, 6) is -0.186. The summed E-state index contributed by atoms with van der Waals surface area (Å²) in [6.45, 7) is 1.46. The minimum absolute atomic E-state index is 0.186. The average molecular weight is 335 g/mol. The smallest absolute Gasteiger partial charge is 0.182 e. The number of ketones is 1. The molecule has 2 rings (SSSR count). The van der Waals surface area contributed by atoms with Gasteiger partial charge in [-0.15, -0.1) is 5.11 Å². The van der Waals surface area contributed by atoms with E-state index in [2.05, 4.69) is 20.8 Å². The van der Waals surface area contributed by atoms with E-state index in [1.54, 1.807) is 11.1 Å². The number of Topliss-reactive ketones (excluding diaryl/α,β-unsaturated/α-hetero) is 1. The van der Waals surface area contributed by atoms with Crippen molar-refractivity contribution in [2.45, 2.75) is 6.92 Å². The molecule has 2 aromatic carbocycles.